The third-order valence-corrected chi connectivity index (χ3v) is 8.75. The summed E-state index contributed by atoms with van der Waals surface area (Å²) in [4.78, 5) is 22.3. The van der Waals surface area contributed by atoms with E-state index in [-0.39, 0.29) is 13.0 Å². The molecule has 0 aromatic heterocycles. The molecule has 0 bridgehead atoms. The number of aliphatic hydroxyl groups is 2. The lowest BCUT2D eigenvalue weighted by Gasteiger charge is -2.20. The molecule has 0 aromatic carbocycles. The number of phosphoric acid groups is 1. The molecular formula is C35H69O9P. The van der Waals surface area contributed by atoms with Crippen LogP contribution in [0.25, 0.3) is 0 Å². The van der Waals surface area contributed by atoms with Crippen LogP contribution in [0.3, 0.4) is 0 Å². The van der Waals surface area contributed by atoms with Gasteiger partial charge in [-0.05, 0) is 25.3 Å². The molecule has 3 atom stereocenters. The molecule has 9 nitrogen and oxygen atoms in total. The van der Waals surface area contributed by atoms with Gasteiger partial charge in [-0.25, -0.2) is 4.57 Å². The Labute approximate surface area is 275 Å². The van der Waals surface area contributed by atoms with Crippen LogP contribution in [0.5, 0.6) is 0 Å². The van der Waals surface area contributed by atoms with Crippen molar-refractivity contribution in [1.82, 2.24) is 0 Å². The first-order chi connectivity index (χ1) is 21.8. The van der Waals surface area contributed by atoms with Crippen LogP contribution in [-0.4, -0.2) is 59.7 Å². The predicted molar refractivity (Wildman–Crippen MR) is 182 cm³/mol. The number of hydrogen-bond donors (Lipinski definition) is 3. The first-order valence-corrected chi connectivity index (χ1v) is 19.7. The molecule has 1 unspecified atom stereocenters. The normalized spacial score (nSPS) is 14.4. The summed E-state index contributed by atoms with van der Waals surface area (Å²) in [6.45, 7) is 2.86. The first-order valence-electron chi connectivity index (χ1n) is 18.2. The molecule has 0 fully saturated rings. The zero-order valence-electron chi connectivity index (χ0n) is 28.8. The van der Waals surface area contributed by atoms with Crippen molar-refractivity contribution >= 4 is 13.8 Å². The number of carbonyl (C=O) groups excluding carboxylic acids is 1. The van der Waals surface area contributed by atoms with E-state index in [0.717, 1.165) is 32.1 Å². The minimum atomic E-state index is -4.52. The van der Waals surface area contributed by atoms with Gasteiger partial charge in [0.1, 0.15) is 12.7 Å². The first kappa shape index (κ1) is 44.0. The summed E-state index contributed by atoms with van der Waals surface area (Å²) in [5.74, 6) is -0.406. The molecule has 0 amide bonds. The maximum absolute atomic E-state index is 12.5. The molecule has 0 saturated heterocycles. The molecule has 0 aromatic rings. The van der Waals surface area contributed by atoms with Gasteiger partial charge in [0.05, 0.1) is 26.1 Å². The monoisotopic (exact) mass is 664 g/mol. The fourth-order valence-corrected chi connectivity index (χ4v) is 5.76. The highest BCUT2D eigenvalue weighted by atomic mass is 31.2. The Hall–Kier alpha value is -0.960. The summed E-state index contributed by atoms with van der Waals surface area (Å²) >= 11 is 0. The summed E-state index contributed by atoms with van der Waals surface area (Å²) < 4.78 is 32.9. The van der Waals surface area contributed by atoms with E-state index < -0.39 is 45.8 Å². The van der Waals surface area contributed by atoms with Gasteiger partial charge in [0.2, 0.25) is 0 Å². The number of unbranched alkanes of at least 4 members (excludes halogenated alkanes) is 21. The minimum Gasteiger partial charge on any atom is -0.498 e. The number of ether oxygens (including phenoxy) is 2. The zero-order valence-corrected chi connectivity index (χ0v) is 29.7. The molecule has 0 rings (SSSR count). The topological polar surface area (TPSA) is 132 Å². The molecular weight excluding hydrogens is 595 g/mol. The lowest BCUT2D eigenvalue weighted by Crippen LogP contribution is -2.28. The van der Waals surface area contributed by atoms with Crippen LogP contribution < -0.4 is 0 Å². The summed E-state index contributed by atoms with van der Waals surface area (Å²) in [5.41, 5.74) is 0. The van der Waals surface area contributed by atoms with Crippen molar-refractivity contribution in [1.29, 1.82) is 0 Å². The summed E-state index contributed by atoms with van der Waals surface area (Å²) in [5, 5.41) is 18.2. The standard InChI is InChI=1S/C35H69O9P/c1-3-5-7-9-11-13-15-16-17-18-20-22-24-26-28-41-31-34(32-43-45(39,40)42-30-33(37)29-36)44-35(38)27-25-23-21-19-14-12-10-8-6-4-2/h26,28,33-34,36-37H,3-25,27,29-32H2,1-2H3,(H,39,40)/b28-26-/t33-,34+/m0/s1. The fourth-order valence-electron chi connectivity index (χ4n) is 4.97. The van der Waals surface area contributed by atoms with E-state index >= 15 is 0 Å². The Bertz CT molecular complexity index is 719. The third kappa shape index (κ3) is 32.8. The van der Waals surface area contributed by atoms with Crippen molar-refractivity contribution in [3.63, 3.8) is 0 Å². The largest absolute Gasteiger partial charge is 0.498 e. The lowest BCUT2D eigenvalue weighted by atomic mass is 10.0. The van der Waals surface area contributed by atoms with Gasteiger partial charge in [0.15, 0.2) is 6.10 Å². The third-order valence-electron chi connectivity index (χ3n) is 7.80. The summed E-state index contributed by atoms with van der Waals surface area (Å²) in [7, 11) is -4.52. The van der Waals surface area contributed by atoms with Crippen molar-refractivity contribution in [2.45, 2.75) is 180 Å². The smallest absolute Gasteiger partial charge is 0.472 e. The van der Waals surface area contributed by atoms with Gasteiger partial charge in [-0.3, -0.25) is 13.8 Å². The molecule has 0 spiro atoms. The predicted octanol–water partition coefficient (Wildman–Crippen LogP) is 9.32. The second-order valence-electron chi connectivity index (χ2n) is 12.3. The van der Waals surface area contributed by atoms with E-state index in [1.165, 1.54) is 116 Å². The van der Waals surface area contributed by atoms with Crippen LogP contribution in [0.15, 0.2) is 12.3 Å². The van der Waals surface area contributed by atoms with Gasteiger partial charge in [-0.15, -0.1) is 0 Å². The molecule has 268 valence electrons. The molecule has 10 heteroatoms. The number of rotatable bonds is 35. The molecule has 0 aliphatic heterocycles. The number of aliphatic hydroxyl groups excluding tert-OH is 2. The number of carbonyl (C=O) groups is 1. The van der Waals surface area contributed by atoms with E-state index in [4.69, 9.17) is 23.6 Å². The molecule has 45 heavy (non-hydrogen) atoms. The van der Waals surface area contributed by atoms with Gasteiger partial charge < -0.3 is 24.6 Å². The van der Waals surface area contributed by atoms with Crippen LogP contribution in [0.1, 0.15) is 168 Å². The van der Waals surface area contributed by atoms with Crippen LogP contribution in [0.4, 0.5) is 0 Å². The Morgan fingerprint density at radius 3 is 1.60 bits per heavy atom. The van der Waals surface area contributed by atoms with E-state index in [1.807, 2.05) is 6.08 Å². The van der Waals surface area contributed by atoms with E-state index in [2.05, 4.69) is 13.8 Å². The van der Waals surface area contributed by atoms with Crippen molar-refractivity contribution < 1.29 is 43.0 Å². The number of hydrogen-bond acceptors (Lipinski definition) is 8. The maximum atomic E-state index is 12.5. The molecule has 0 radical (unpaired) electrons. The van der Waals surface area contributed by atoms with Gasteiger partial charge >= 0.3 is 13.8 Å². The molecule has 3 N–H and O–H groups in total. The van der Waals surface area contributed by atoms with E-state index in [1.54, 1.807) is 6.26 Å². The highest BCUT2D eigenvalue weighted by Gasteiger charge is 2.26. The zero-order chi connectivity index (χ0) is 33.3. The Morgan fingerprint density at radius 2 is 1.11 bits per heavy atom. The summed E-state index contributed by atoms with van der Waals surface area (Å²) in [6.07, 6.45) is 29.7. The molecule has 0 aliphatic carbocycles. The van der Waals surface area contributed by atoms with Gasteiger partial charge in [0.25, 0.3) is 0 Å². The van der Waals surface area contributed by atoms with Gasteiger partial charge in [-0.2, -0.15) is 0 Å². The average Bonchev–Trinajstić information content (AvgIpc) is 3.03. The van der Waals surface area contributed by atoms with Crippen molar-refractivity contribution in [2.24, 2.45) is 0 Å². The molecule has 0 aliphatic rings. The maximum Gasteiger partial charge on any atom is 0.472 e. The van der Waals surface area contributed by atoms with E-state index in [9.17, 15) is 19.4 Å². The second-order valence-corrected chi connectivity index (χ2v) is 13.8. The van der Waals surface area contributed by atoms with Crippen molar-refractivity contribution in [3.8, 4) is 0 Å². The Balaban J connectivity index is 4.29. The number of allylic oxidation sites excluding steroid dienone is 1. The quantitative estimate of drug-likeness (QED) is 0.0262. The van der Waals surface area contributed by atoms with Crippen LogP contribution >= 0.6 is 7.82 Å². The SMILES string of the molecule is CCCCCCCCCCCCCC/C=C\OC[C@H](COP(=O)(O)OC[C@@H](O)CO)OC(=O)CCCCCCCCCCCC. The van der Waals surface area contributed by atoms with Crippen LogP contribution in [0.2, 0.25) is 0 Å². The van der Waals surface area contributed by atoms with Crippen LogP contribution in [0, 0.1) is 0 Å². The van der Waals surface area contributed by atoms with Crippen molar-refractivity contribution in [2.75, 3.05) is 26.4 Å². The average molecular weight is 665 g/mol. The van der Waals surface area contributed by atoms with E-state index in [0.29, 0.717) is 0 Å². The number of esters is 1. The van der Waals surface area contributed by atoms with Crippen molar-refractivity contribution in [3.05, 3.63) is 12.3 Å². The second kappa shape index (κ2) is 33.0. The Kier molecular flexibility index (Phi) is 32.3. The fraction of sp³-hybridized carbons (Fsp3) is 0.914. The minimum absolute atomic E-state index is 0.0298. The van der Waals surface area contributed by atoms with Crippen LogP contribution in [-0.2, 0) is 27.9 Å². The molecule has 0 heterocycles. The lowest BCUT2D eigenvalue weighted by molar-refractivity contribution is -0.153. The number of phosphoric ester groups is 1. The summed E-state index contributed by atoms with van der Waals surface area (Å²) in [6, 6.07) is 0. The highest BCUT2D eigenvalue weighted by Crippen LogP contribution is 2.43. The molecule has 0 saturated carbocycles. The van der Waals surface area contributed by atoms with Gasteiger partial charge in [0, 0.05) is 6.42 Å². The highest BCUT2D eigenvalue weighted by molar-refractivity contribution is 7.47. The van der Waals surface area contributed by atoms with Gasteiger partial charge in [-0.1, -0.05) is 142 Å². The Morgan fingerprint density at radius 1 is 0.667 bits per heavy atom.